The minimum absolute atomic E-state index is 0.0784. The number of piperidine rings is 1. The van der Waals surface area contributed by atoms with E-state index in [0.29, 0.717) is 25.2 Å². The molecule has 2 aliphatic rings. The van der Waals surface area contributed by atoms with E-state index in [0.717, 1.165) is 17.9 Å². The molecule has 12 heteroatoms. The Morgan fingerprint density at radius 1 is 1.06 bits per heavy atom. The molecule has 0 bridgehead atoms. The summed E-state index contributed by atoms with van der Waals surface area (Å²) in [7, 11) is 0. The normalized spacial score (nSPS) is 21.8. The molecule has 0 radical (unpaired) electrons. The van der Waals surface area contributed by atoms with E-state index in [1.807, 2.05) is 6.92 Å². The topological polar surface area (TPSA) is 70.1 Å². The third-order valence-electron chi connectivity index (χ3n) is 5.78. The Balaban J connectivity index is 2.03. The molecule has 0 aromatic heterocycles. The summed E-state index contributed by atoms with van der Waals surface area (Å²) >= 11 is 0. The fourth-order valence-electron chi connectivity index (χ4n) is 4.22. The third kappa shape index (κ3) is 4.70. The van der Waals surface area contributed by atoms with Gasteiger partial charge in [-0.15, -0.1) is 0 Å². The lowest BCUT2D eigenvalue weighted by Crippen LogP contribution is -2.58. The van der Waals surface area contributed by atoms with Gasteiger partial charge in [0.25, 0.3) is 5.91 Å². The van der Waals surface area contributed by atoms with Crippen LogP contribution in [0.15, 0.2) is 18.2 Å². The summed E-state index contributed by atoms with van der Waals surface area (Å²) in [6.07, 6.45) is -9.03. The van der Waals surface area contributed by atoms with Crippen LogP contribution in [0.3, 0.4) is 0 Å². The van der Waals surface area contributed by atoms with Crippen molar-refractivity contribution in [3.63, 3.8) is 0 Å². The Hall–Kier alpha value is -2.34. The lowest BCUT2D eigenvalue weighted by molar-refractivity contribution is -0.145. The first-order valence-corrected chi connectivity index (χ1v) is 10.0. The van der Waals surface area contributed by atoms with Gasteiger partial charge in [-0.2, -0.15) is 26.3 Å². The molecule has 6 nitrogen and oxygen atoms in total. The van der Waals surface area contributed by atoms with E-state index in [1.54, 1.807) is 0 Å². The van der Waals surface area contributed by atoms with Crippen molar-refractivity contribution >= 4 is 11.9 Å². The number of carbonyl (C=O) groups excluding carboxylic acids is 1. The van der Waals surface area contributed by atoms with Crippen LogP contribution < -0.4 is 0 Å². The van der Waals surface area contributed by atoms with Gasteiger partial charge in [0.05, 0.1) is 17.7 Å². The van der Waals surface area contributed by atoms with E-state index in [2.05, 4.69) is 4.90 Å². The van der Waals surface area contributed by atoms with E-state index < -0.39 is 59.3 Å². The summed E-state index contributed by atoms with van der Waals surface area (Å²) < 4.78 is 85.1. The van der Waals surface area contributed by atoms with E-state index in [-0.39, 0.29) is 18.9 Å². The number of carboxylic acid groups (broad SMARTS) is 1. The Labute approximate surface area is 179 Å². The maximum Gasteiger partial charge on any atom is 0.416 e. The van der Waals surface area contributed by atoms with Crippen LogP contribution in [0, 0.1) is 0 Å². The summed E-state index contributed by atoms with van der Waals surface area (Å²) in [6, 6.07) is -0.974. The van der Waals surface area contributed by atoms with Crippen molar-refractivity contribution in [2.45, 2.75) is 50.3 Å². The van der Waals surface area contributed by atoms with Crippen molar-refractivity contribution in [1.82, 2.24) is 9.80 Å². The van der Waals surface area contributed by atoms with Crippen molar-refractivity contribution in [2.24, 2.45) is 0 Å². The quantitative estimate of drug-likeness (QED) is 0.680. The predicted octanol–water partition coefficient (Wildman–Crippen LogP) is 3.85. The number of hydrogen-bond donors (Lipinski definition) is 1. The molecular weight excluding hydrogens is 446 g/mol. The van der Waals surface area contributed by atoms with Gasteiger partial charge in [0.2, 0.25) is 0 Å². The number of carbonyl (C=O) groups is 2. The molecule has 0 saturated carbocycles. The summed E-state index contributed by atoms with van der Waals surface area (Å²) in [5, 5.41) is 9.55. The molecule has 1 spiro atoms. The zero-order valence-electron chi connectivity index (χ0n) is 17.1. The Bertz CT molecular complexity index is 846. The predicted molar refractivity (Wildman–Crippen MR) is 98.7 cm³/mol. The van der Waals surface area contributed by atoms with Crippen molar-refractivity contribution in [3.8, 4) is 0 Å². The average Bonchev–Trinajstić information content (AvgIpc) is 3.07. The van der Waals surface area contributed by atoms with Crippen LogP contribution in [0.25, 0.3) is 0 Å². The van der Waals surface area contributed by atoms with Crippen molar-refractivity contribution in [1.29, 1.82) is 0 Å². The van der Waals surface area contributed by atoms with Gasteiger partial charge in [-0.05, 0) is 31.2 Å². The summed E-state index contributed by atoms with van der Waals surface area (Å²) in [4.78, 5) is 27.9. The molecule has 1 atom stereocenters. The van der Waals surface area contributed by atoms with Crippen molar-refractivity contribution in [3.05, 3.63) is 34.9 Å². The highest BCUT2D eigenvalue weighted by molar-refractivity contribution is 5.98. The number of rotatable bonds is 4. The fraction of sp³-hybridized carbons (Fsp3) is 0.600. The molecule has 32 heavy (non-hydrogen) atoms. The lowest BCUT2D eigenvalue weighted by atomic mass is 9.95. The largest absolute Gasteiger partial charge is 0.480 e. The number of ether oxygens (including phenoxy) is 1. The smallest absolute Gasteiger partial charge is 0.416 e. The average molecular weight is 468 g/mol. The van der Waals surface area contributed by atoms with E-state index >= 15 is 0 Å². The Morgan fingerprint density at radius 3 is 2.03 bits per heavy atom. The van der Waals surface area contributed by atoms with Crippen LogP contribution in [0.2, 0.25) is 0 Å². The van der Waals surface area contributed by atoms with E-state index in [9.17, 15) is 41.0 Å². The molecule has 178 valence electrons. The molecule has 2 saturated heterocycles. The van der Waals surface area contributed by atoms with Crippen LogP contribution in [0.1, 0.15) is 47.7 Å². The SMILES string of the molecule is CCCN1CCC2(CC1)OC[C@@H](C(=O)O)N2C(=O)c1cc(C(F)(F)F)cc(C(F)(F)F)c1. The zero-order valence-corrected chi connectivity index (χ0v) is 17.1. The number of alkyl halides is 6. The number of amides is 1. The number of halogens is 6. The van der Waals surface area contributed by atoms with Gasteiger partial charge >= 0.3 is 18.3 Å². The number of aliphatic carboxylic acids is 1. The molecule has 1 aromatic carbocycles. The molecule has 1 N–H and O–H groups in total. The molecule has 3 rings (SSSR count). The van der Waals surface area contributed by atoms with Crippen LogP contribution in [-0.2, 0) is 21.9 Å². The van der Waals surface area contributed by atoms with Crippen molar-refractivity contribution in [2.75, 3.05) is 26.2 Å². The second kappa shape index (κ2) is 8.54. The first-order chi connectivity index (χ1) is 14.8. The van der Waals surface area contributed by atoms with Gasteiger partial charge in [-0.1, -0.05) is 6.92 Å². The van der Waals surface area contributed by atoms with Crippen LogP contribution in [0.4, 0.5) is 26.3 Å². The summed E-state index contributed by atoms with van der Waals surface area (Å²) in [6.45, 7) is 3.22. The molecule has 1 aromatic rings. The minimum atomic E-state index is -5.13. The molecular formula is C20H22F6N2O4. The molecule has 1 amide bonds. The van der Waals surface area contributed by atoms with Gasteiger partial charge in [0, 0.05) is 31.5 Å². The summed E-state index contributed by atoms with van der Waals surface area (Å²) in [5.74, 6) is -2.69. The van der Waals surface area contributed by atoms with Crippen LogP contribution >= 0.6 is 0 Å². The number of carboxylic acids is 1. The Morgan fingerprint density at radius 2 is 1.59 bits per heavy atom. The maximum absolute atomic E-state index is 13.2. The second-order valence-corrected chi connectivity index (χ2v) is 7.92. The fourth-order valence-corrected chi connectivity index (χ4v) is 4.22. The third-order valence-corrected chi connectivity index (χ3v) is 5.78. The van der Waals surface area contributed by atoms with Crippen molar-refractivity contribution < 1.29 is 45.8 Å². The van der Waals surface area contributed by atoms with Gasteiger partial charge in [0.1, 0.15) is 5.72 Å². The zero-order chi connectivity index (χ0) is 23.9. The monoisotopic (exact) mass is 468 g/mol. The lowest BCUT2D eigenvalue weighted by Gasteiger charge is -2.44. The standard InChI is InChI=1S/C20H22F6N2O4/c1-2-5-27-6-3-18(4-7-27)28(15(11-32-18)17(30)31)16(29)12-8-13(19(21,22)23)10-14(9-12)20(24,25)26/h8-10,15H,2-7,11H2,1H3,(H,30,31)/t15-/m0/s1. The van der Waals surface area contributed by atoms with Gasteiger partial charge < -0.3 is 14.7 Å². The first-order valence-electron chi connectivity index (χ1n) is 10.0. The summed E-state index contributed by atoms with van der Waals surface area (Å²) in [5.41, 5.74) is -5.58. The highest BCUT2D eigenvalue weighted by Crippen LogP contribution is 2.41. The van der Waals surface area contributed by atoms with Crippen LogP contribution in [-0.4, -0.2) is 64.8 Å². The number of hydrogen-bond acceptors (Lipinski definition) is 4. The van der Waals surface area contributed by atoms with Crippen LogP contribution in [0.5, 0.6) is 0 Å². The maximum atomic E-state index is 13.2. The highest BCUT2D eigenvalue weighted by Gasteiger charge is 2.54. The van der Waals surface area contributed by atoms with Gasteiger partial charge in [-0.25, -0.2) is 4.79 Å². The number of benzene rings is 1. The first kappa shape index (κ1) is 24.3. The molecule has 2 aliphatic heterocycles. The van der Waals surface area contributed by atoms with Gasteiger partial charge in [-0.3, -0.25) is 9.69 Å². The molecule has 0 unspecified atom stereocenters. The second-order valence-electron chi connectivity index (χ2n) is 7.92. The van der Waals surface area contributed by atoms with E-state index in [1.165, 1.54) is 0 Å². The highest BCUT2D eigenvalue weighted by atomic mass is 19.4. The van der Waals surface area contributed by atoms with Gasteiger partial charge in [0.15, 0.2) is 6.04 Å². The number of likely N-dealkylation sites (tertiary alicyclic amines) is 1. The Kier molecular flexibility index (Phi) is 6.49. The molecule has 0 aliphatic carbocycles. The van der Waals surface area contributed by atoms with E-state index in [4.69, 9.17) is 4.74 Å². The molecule has 2 heterocycles. The molecule has 2 fully saturated rings. The number of nitrogens with zero attached hydrogens (tertiary/aromatic N) is 2. The minimum Gasteiger partial charge on any atom is -0.480 e.